The van der Waals surface area contributed by atoms with Crippen LogP contribution in [0.2, 0.25) is 0 Å². The summed E-state index contributed by atoms with van der Waals surface area (Å²) in [6, 6.07) is 11.5. The Labute approximate surface area is 141 Å². The third-order valence-electron chi connectivity index (χ3n) is 3.29. The maximum Gasteiger partial charge on any atom is 0.255 e. The first kappa shape index (κ1) is 17.8. The van der Waals surface area contributed by atoms with Crippen molar-refractivity contribution in [3.8, 4) is 11.5 Å². The molecule has 0 aliphatic heterocycles. The SMILES string of the molecule is COc1ccc(NC(=O)c2ccc(CS(C)(=O)=O)cc2)cc1OC. The van der Waals surface area contributed by atoms with Crippen molar-refractivity contribution in [3.63, 3.8) is 0 Å². The van der Waals surface area contributed by atoms with Crippen LogP contribution in [0.15, 0.2) is 42.5 Å². The molecule has 7 heteroatoms. The molecule has 0 heterocycles. The fourth-order valence-electron chi connectivity index (χ4n) is 2.17. The van der Waals surface area contributed by atoms with Crippen LogP contribution in [0.3, 0.4) is 0 Å². The van der Waals surface area contributed by atoms with Crippen molar-refractivity contribution in [2.45, 2.75) is 5.75 Å². The number of hydrogen-bond acceptors (Lipinski definition) is 5. The first-order valence-electron chi connectivity index (χ1n) is 7.12. The van der Waals surface area contributed by atoms with Gasteiger partial charge in [0.2, 0.25) is 0 Å². The molecule has 0 saturated heterocycles. The fourth-order valence-corrected chi connectivity index (χ4v) is 2.97. The van der Waals surface area contributed by atoms with E-state index >= 15 is 0 Å². The number of hydrogen-bond donors (Lipinski definition) is 1. The van der Waals surface area contributed by atoms with E-state index in [1.807, 2.05) is 0 Å². The van der Waals surface area contributed by atoms with Crippen molar-refractivity contribution in [3.05, 3.63) is 53.6 Å². The Morgan fingerprint density at radius 1 is 1.00 bits per heavy atom. The lowest BCUT2D eigenvalue weighted by atomic mass is 10.1. The normalized spacial score (nSPS) is 11.0. The molecule has 0 atom stereocenters. The van der Waals surface area contributed by atoms with Crippen LogP contribution in [0, 0.1) is 0 Å². The van der Waals surface area contributed by atoms with Crippen LogP contribution in [0.1, 0.15) is 15.9 Å². The van der Waals surface area contributed by atoms with Crippen molar-refractivity contribution in [1.82, 2.24) is 0 Å². The molecular formula is C17H19NO5S. The van der Waals surface area contributed by atoms with Gasteiger partial charge in [-0.15, -0.1) is 0 Å². The molecule has 0 aromatic heterocycles. The summed E-state index contributed by atoms with van der Waals surface area (Å²) in [5.74, 6) is 0.734. The van der Waals surface area contributed by atoms with Gasteiger partial charge >= 0.3 is 0 Å². The number of nitrogens with one attached hydrogen (secondary N) is 1. The molecule has 24 heavy (non-hydrogen) atoms. The molecule has 2 aromatic rings. The average molecular weight is 349 g/mol. The van der Waals surface area contributed by atoms with Gasteiger partial charge in [-0.2, -0.15) is 0 Å². The number of carbonyl (C=O) groups is 1. The third-order valence-corrected chi connectivity index (χ3v) is 4.14. The number of carbonyl (C=O) groups excluding carboxylic acids is 1. The molecule has 0 radical (unpaired) electrons. The molecular weight excluding hydrogens is 330 g/mol. The van der Waals surface area contributed by atoms with Crippen LogP contribution in [0.4, 0.5) is 5.69 Å². The molecule has 128 valence electrons. The van der Waals surface area contributed by atoms with Gasteiger partial charge < -0.3 is 14.8 Å². The number of ether oxygens (including phenoxy) is 2. The van der Waals surface area contributed by atoms with E-state index in [9.17, 15) is 13.2 Å². The predicted octanol–water partition coefficient (Wildman–Crippen LogP) is 2.50. The predicted molar refractivity (Wildman–Crippen MR) is 92.5 cm³/mol. The van der Waals surface area contributed by atoms with E-state index in [1.165, 1.54) is 20.5 Å². The van der Waals surface area contributed by atoms with Crippen molar-refractivity contribution in [2.24, 2.45) is 0 Å². The number of sulfone groups is 1. The van der Waals surface area contributed by atoms with Gasteiger partial charge in [0.05, 0.1) is 20.0 Å². The first-order valence-corrected chi connectivity index (χ1v) is 9.18. The lowest BCUT2D eigenvalue weighted by molar-refractivity contribution is 0.102. The van der Waals surface area contributed by atoms with E-state index in [4.69, 9.17) is 9.47 Å². The topological polar surface area (TPSA) is 81.7 Å². The quantitative estimate of drug-likeness (QED) is 0.866. The molecule has 2 aromatic carbocycles. The molecule has 0 saturated carbocycles. The van der Waals surface area contributed by atoms with Gasteiger partial charge in [-0.3, -0.25) is 4.79 Å². The lowest BCUT2D eigenvalue weighted by Crippen LogP contribution is -2.12. The lowest BCUT2D eigenvalue weighted by Gasteiger charge is -2.11. The summed E-state index contributed by atoms with van der Waals surface area (Å²) in [6.07, 6.45) is 1.17. The van der Waals surface area contributed by atoms with Crippen molar-refractivity contribution in [2.75, 3.05) is 25.8 Å². The summed E-state index contributed by atoms with van der Waals surface area (Å²) >= 11 is 0. The van der Waals surface area contributed by atoms with E-state index in [0.29, 0.717) is 28.3 Å². The molecule has 0 aliphatic carbocycles. The van der Waals surface area contributed by atoms with Crippen molar-refractivity contribution >= 4 is 21.4 Å². The zero-order chi connectivity index (χ0) is 17.7. The highest BCUT2D eigenvalue weighted by molar-refractivity contribution is 7.89. The van der Waals surface area contributed by atoms with Gasteiger partial charge in [0.25, 0.3) is 5.91 Å². The molecule has 1 N–H and O–H groups in total. The molecule has 1 amide bonds. The maximum absolute atomic E-state index is 12.3. The Morgan fingerprint density at radius 2 is 1.62 bits per heavy atom. The smallest absolute Gasteiger partial charge is 0.255 e. The number of anilines is 1. The highest BCUT2D eigenvalue weighted by Crippen LogP contribution is 2.29. The summed E-state index contributed by atoms with van der Waals surface area (Å²) in [7, 11) is -0.0458. The van der Waals surface area contributed by atoms with Crippen molar-refractivity contribution in [1.29, 1.82) is 0 Å². The van der Waals surface area contributed by atoms with Crippen LogP contribution >= 0.6 is 0 Å². The monoisotopic (exact) mass is 349 g/mol. The van der Waals surface area contributed by atoms with E-state index in [2.05, 4.69) is 5.32 Å². The molecule has 0 bridgehead atoms. The zero-order valence-corrected chi connectivity index (χ0v) is 14.5. The Kier molecular flexibility index (Phi) is 5.46. The standard InChI is InChI=1S/C17H19NO5S/c1-22-15-9-8-14(10-16(15)23-2)18-17(19)13-6-4-12(5-7-13)11-24(3,20)21/h4-10H,11H2,1-3H3,(H,18,19). The largest absolute Gasteiger partial charge is 0.493 e. The molecule has 0 aliphatic rings. The number of amides is 1. The summed E-state index contributed by atoms with van der Waals surface area (Å²) < 4.78 is 32.9. The third kappa shape index (κ3) is 4.73. The summed E-state index contributed by atoms with van der Waals surface area (Å²) in [4.78, 5) is 12.3. The molecule has 0 spiro atoms. The molecule has 0 fully saturated rings. The zero-order valence-electron chi connectivity index (χ0n) is 13.7. The average Bonchev–Trinajstić information content (AvgIpc) is 2.53. The molecule has 2 rings (SSSR count). The van der Waals surface area contributed by atoms with Crippen LogP contribution in [0.5, 0.6) is 11.5 Å². The Bertz CT molecular complexity index is 829. The number of benzene rings is 2. The summed E-state index contributed by atoms with van der Waals surface area (Å²) in [5, 5.41) is 2.76. The second-order valence-electron chi connectivity index (χ2n) is 5.29. The van der Waals surface area contributed by atoms with Gasteiger partial charge in [-0.1, -0.05) is 12.1 Å². The van der Waals surface area contributed by atoms with Gasteiger partial charge in [0, 0.05) is 23.6 Å². The fraction of sp³-hybridized carbons (Fsp3) is 0.235. The number of methoxy groups -OCH3 is 2. The van der Waals surface area contributed by atoms with E-state index in [0.717, 1.165) is 0 Å². The van der Waals surface area contributed by atoms with Gasteiger partial charge in [-0.05, 0) is 29.8 Å². The summed E-state index contributed by atoms with van der Waals surface area (Å²) in [5.41, 5.74) is 1.64. The van der Waals surface area contributed by atoms with Crippen LogP contribution in [-0.2, 0) is 15.6 Å². The van der Waals surface area contributed by atoms with Gasteiger partial charge in [0.15, 0.2) is 21.3 Å². The van der Waals surface area contributed by atoms with Crippen LogP contribution < -0.4 is 14.8 Å². The second kappa shape index (κ2) is 7.35. The number of rotatable bonds is 6. The van der Waals surface area contributed by atoms with E-state index in [-0.39, 0.29) is 11.7 Å². The minimum atomic E-state index is -3.10. The Morgan fingerprint density at radius 3 is 2.17 bits per heavy atom. The Hall–Kier alpha value is -2.54. The van der Waals surface area contributed by atoms with Gasteiger partial charge in [0.1, 0.15) is 0 Å². The van der Waals surface area contributed by atoms with Crippen LogP contribution in [-0.4, -0.2) is 34.8 Å². The Balaban J connectivity index is 2.12. The molecule has 6 nitrogen and oxygen atoms in total. The van der Waals surface area contributed by atoms with Crippen LogP contribution in [0.25, 0.3) is 0 Å². The summed E-state index contributed by atoms with van der Waals surface area (Å²) in [6.45, 7) is 0. The van der Waals surface area contributed by atoms with Gasteiger partial charge in [-0.25, -0.2) is 8.42 Å². The van der Waals surface area contributed by atoms with Crippen molar-refractivity contribution < 1.29 is 22.7 Å². The minimum absolute atomic E-state index is 0.0510. The highest BCUT2D eigenvalue weighted by Gasteiger charge is 2.10. The second-order valence-corrected chi connectivity index (χ2v) is 7.43. The molecule has 0 unspecified atom stereocenters. The van der Waals surface area contributed by atoms with E-state index < -0.39 is 9.84 Å². The van der Waals surface area contributed by atoms with E-state index in [1.54, 1.807) is 42.5 Å². The first-order chi connectivity index (χ1) is 11.3. The minimum Gasteiger partial charge on any atom is -0.493 e. The maximum atomic E-state index is 12.3. The highest BCUT2D eigenvalue weighted by atomic mass is 32.2.